The zero-order chi connectivity index (χ0) is 13.5. The van der Waals surface area contributed by atoms with Crippen LogP contribution in [0.2, 0.25) is 0 Å². The molecule has 0 radical (unpaired) electrons. The second-order valence-electron chi connectivity index (χ2n) is 4.20. The van der Waals surface area contributed by atoms with E-state index in [9.17, 15) is 0 Å². The molecule has 0 bridgehead atoms. The number of para-hydroxylation sites is 1. The third-order valence-electron chi connectivity index (χ3n) is 2.87. The maximum absolute atomic E-state index is 5.66. The number of hydrogen-bond donors (Lipinski definition) is 1. The lowest BCUT2D eigenvalue weighted by molar-refractivity contribution is 0.321. The molecule has 5 heteroatoms. The smallest absolute Gasteiger partial charge is 0.134 e. The van der Waals surface area contributed by atoms with E-state index < -0.39 is 0 Å². The molecular weight excluding hydrogens is 258 g/mol. The van der Waals surface area contributed by atoms with E-state index in [-0.39, 0.29) is 0 Å². The van der Waals surface area contributed by atoms with Crippen molar-refractivity contribution in [3.63, 3.8) is 0 Å². The van der Waals surface area contributed by atoms with Crippen LogP contribution in [0.3, 0.4) is 0 Å². The lowest BCUT2D eigenvalue weighted by Crippen LogP contribution is -2.14. The minimum Gasteiger partial charge on any atom is -0.493 e. The molecule has 2 aromatic rings. The fraction of sp³-hybridized carbons (Fsp3) is 0.429. The van der Waals surface area contributed by atoms with E-state index in [1.165, 1.54) is 0 Å². The molecule has 0 aliphatic heterocycles. The van der Waals surface area contributed by atoms with E-state index in [2.05, 4.69) is 22.4 Å². The first-order chi connectivity index (χ1) is 9.33. The molecule has 0 aliphatic carbocycles. The fourth-order valence-corrected chi connectivity index (χ4v) is 2.80. The fourth-order valence-electron chi connectivity index (χ4n) is 1.78. The van der Waals surface area contributed by atoms with Crippen LogP contribution in [0.4, 0.5) is 0 Å². The molecule has 4 nitrogen and oxygen atoms in total. The summed E-state index contributed by atoms with van der Waals surface area (Å²) in [7, 11) is 1.95. The largest absolute Gasteiger partial charge is 0.493 e. The van der Waals surface area contributed by atoms with Crippen LogP contribution in [0, 0.1) is 0 Å². The predicted molar refractivity (Wildman–Crippen MR) is 77.6 cm³/mol. The van der Waals surface area contributed by atoms with Crippen LogP contribution in [0.5, 0.6) is 5.75 Å². The molecule has 2 rings (SSSR count). The zero-order valence-electron chi connectivity index (χ0n) is 11.3. The average molecular weight is 277 g/mol. The third kappa shape index (κ3) is 4.01. The highest BCUT2D eigenvalue weighted by Crippen LogP contribution is 2.20. The Labute approximate surface area is 117 Å². The van der Waals surface area contributed by atoms with Crippen LogP contribution in [0.15, 0.2) is 30.3 Å². The normalized spacial score (nSPS) is 12.3. The molecule has 102 valence electrons. The zero-order valence-corrected chi connectivity index (χ0v) is 12.1. The second kappa shape index (κ2) is 7.21. The van der Waals surface area contributed by atoms with Crippen molar-refractivity contribution in [1.82, 2.24) is 15.5 Å². The first-order valence-corrected chi connectivity index (χ1v) is 7.32. The van der Waals surface area contributed by atoms with Gasteiger partial charge in [-0.25, -0.2) is 0 Å². The number of aromatic nitrogens is 2. The highest BCUT2D eigenvalue weighted by atomic mass is 32.1. The topological polar surface area (TPSA) is 47.0 Å². The van der Waals surface area contributed by atoms with Gasteiger partial charge in [0.25, 0.3) is 0 Å². The van der Waals surface area contributed by atoms with Gasteiger partial charge in [-0.1, -0.05) is 36.5 Å². The van der Waals surface area contributed by atoms with Crippen molar-refractivity contribution in [2.24, 2.45) is 0 Å². The van der Waals surface area contributed by atoms with Gasteiger partial charge in [0.05, 0.1) is 12.6 Å². The Morgan fingerprint density at radius 3 is 2.74 bits per heavy atom. The summed E-state index contributed by atoms with van der Waals surface area (Å²) in [6.45, 7) is 2.77. The van der Waals surface area contributed by atoms with Crippen molar-refractivity contribution < 1.29 is 4.74 Å². The maximum Gasteiger partial charge on any atom is 0.134 e. The standard InChI is InChI=1S/C14H19N3OS/c1-3-12(15-2)14-17-16-13(19-14)9-10-18-11-7-5-4-6-8-11/h4-8,12,15H,3,9-10H2,1-2H3. The van der Waals surface area contributed by atoms with Crippen molar-refractivity contribution in [3.8, 4) is 5.75 Å². The van der Waals surface area contributed by atoms with E-state index in [0.717, 1.165) is 28.6 Å². The molecule has 0 saturated heterocycles. The van der Waals surface area contributed by atoms with Crippen LogP contribution in [-0.4, -0.2) is 23.9 Å². The van der Waals surface area contributed by atoms with Gasteiger partial charge < -0.3 is 10.1 Å². The van der Waals surface area contributed by atoms with Gasteiger partial charge in [-0.3, -0.25) is 0 Å². The maximum atomic E-state index is 5.66. The molecule has 1 unspecified atom stereocenters. The van der Waals surface area contributed by atoms with Crippen molar-refractivity contribution in [2.45, 2.75) is 25.8 Å². The Bertz CT molecular complexity index is 482. The highest BCUT2D eigenvalue weighted by molar-refractivity contribution is 7.11. The molecule has 1 heterocycles. The minimum atomic E-state index is 0.307. The molecule has 19 heavy (non-hydrogen) atoms. The van der Waals surface area contributed by atoms with Crippen LogP contribution in [0.25, 0.3) is 0 Å². The lowest BCUT2D eigenvalue weighted by Gasteiger charge is -2.08. The van der Waals surface area contributed by atoms with Gasteiger partial charge in [0.1, 0.15) is 15.8 Å². The molecule has 0 spiro atoms. The van der Waals surface area contributed by atoms with E-state index in [1.807, 2.05) is 37.4 Å². The van der Waals surface area contributed by atoms with Gasteiger partial charge in [-0.15, -0.1) is 10.2 Å². The van der Waals surface area contributed by atoms with Crippen molar-refractivity contribution in [1.29, 1.82) is 0 Å². The Hall–Kier alpha value is -1.46. The summed E-state index contributed by atoms with van der Waals surface area (Å²) in [5.74, 6) is 0.897. The average Bonchev–Trinajstić information content (AvgIpc) is 2.90. The summed E-state index contributed by atoms with van der Waals surface area (Å²) in [6, 6.07) is 10.1. The molecular formula is C14H19N3OS. The highest BCUT2D eigenvalue weighted by Gasteiger charge is 2.12. The molecule has 1 aromatic heterocycles. The molecule has 0 amide bonds. The quantitative estimate of drug-likeness (QED) is 0.845. The van der Waals surface area contributed by atoms with Gasteiger partial charge in [-0.2, -0.15) is 0 Å². The Balaban J connectivity index is 1.83. The Morgan fingerprint density at radius 1 is 1.26 bits per heavy atom. The number of hydrogen-bond acceptors (Lipinski definition) is 5. The predicted octanol–water partition coefficient (Wildman–Crippen LogP) is 2.83. The van der Waals surface area contributed by atoms with E-state index in [1.54, 1.807) is 11.3 Å². The molecule has 1 N–H and O–H groups in total. The molecule has 1 atom stereocenters. The van der Waals surface area contributed by atoms with Crippen LogP contribution in [0.1, 0.15) is 29.4 Å². The number of nitrogens with one attached hydrogen (secondary N) is 1. The SMILES string of the molecule is CCC(NC)c1nnc(CCOc2ccccc2)s1. The van der Waals surface area contributed by atoms with Crippen molar-refractivity contribution >= 4 is 11.3 Å². The molecule has 0 saturated carbocycles. The molecule has 1 aromatic carbocycles. The monoisotopic (exact) mass is 277 g/mol. The lowest BCUT2D eigenvalue weighted by atomic mass is 10.2. The summed E-state index contributed by atoms with van der Waals surface area (Å²) in [4.78, 5) is 0. The summed E-state index contributed by atoms with van der Waals surface area (Å²) in [6.07, 6.45) is 1.82. The van der Waals surface area contributed by atoms with E-state index in [4.69, 9.17) is 4.74 Å². The number of ether oxygens (including phenoxy) is 1. The number of benzene rings is 1. The summed E-state index contributed by atoms with van der Waals surface area (Å²) in [5.41, 5.74) is 0. The van der Waals surface area contributed by atoms with Gasteiger partial charge in [-0.05, 0) is 25.6 Å². The molecule has 0 fully saturated rings. The van der Waals surface area contributed by atoms with Crippen molar-refractivity contribution in [2.75, 3.05) is 13.7 Å². The molecule has 0 aliphatic rings. The van der Waals surface area contributed by atoms with E-state index >= 15 is 0 Å². The first kappa shape index (κ1) is 14.0. The van der Waals surface area contributed by atoms with Crippen LogP contribution in [-0.2, 0) is 6.42 Å². The first-order valence-electron chi connectivity index (χ1n) is 6.51. The van der Waals surface area contributed by atoms with Crippen LogP contribution >= 0.6 is 11.3 Å². The number of rotatable bonds is 7. The Morgan fingerprint density at radius 2 is 2.05 bits per heavy atom. The van der Waals surface area contributed by atoms with Crippen LogP contribution < -0.4 is 10.1 Å². The Kier molecular flexibility index (Phi) is 5.30. The van der Waals surface area contributed by atoms with Gasteiger partial charge >= 0.3 is 0 Å². The van der Waals surface area contributed by atoms with Crippen molar-refractivity contribution in [3.05, 3.63) is 40.3 Å². The van der Waals surface area contributed by atoms with E-state index in [0.29, 0.717) is 12.6 Å². The van der Waals surface area contributed by atoms with Gasteiger partial charge in [0.15, 0.2) is 0 Å². The van der Waals surface area contributed by atoms with Gasteiger partial charge in [0.2, 0.25) is 0 Å². The van der Waals surface area contributed by atoms with Gasteiger partial charge in [0, 0.05) is 6.42 Å². The summed E-state index contributed by atoms with van der Waals surface area (Å²) >= 11 is 1.66. The number of nitrogens with zero attached hydrogens (tertiary/aromatic N) is 2. The summed E-state index contributed by atoms with van der Waals surface area (Å²) in [5, 5.41) is 13.8. The minimum absolute atomic E-state index is 0.307. The third-order valence-corrected chi connectivity index (χ3v) is 3.96. The summed E-state index contributed by atoms with van der Waals surface area (Å²) < 4.78 is 5.66. The second-order valence-corrected chi connectivity index (χ2v) is 5.29.